The third-order valence-electron chi connectivity index (χ3n) is 11.3. The highest BCUT2D eigenvalue weighted by atomic mass is 16.5. The van der Waals surface area contributed by atoms with Crippen molar-refractivity contribution >= 4 is 23.4 Å². The lowest BCUT2D eigenvalue weighted by Crippen LogP contribution is -2.58. The van der Waals surface area contributed by atoms with Crippen molar-refractivity contribution in [3.05, 3.63) is 41.5 Å². The molecule has 43 heavy (non-hydrogen) atoms. The molecular formula is C35H50N4O4. The first-order valence-electron chi connectivity index (χ1n) is 16.7. The minimum absolute atomic E-state index is 0.0708. The third kappa shape index (κ3) is 5.43. The van der Waals surface area contributed by atoms with Crippen LogP contribution in [-0.4, -0.2) is 77.0 Å². The predicted octanol–water partition coefficient (Wildman–Crippen LogP) is 4.60. The van der Waals surface area contributed by atoms with Crippen LogP contribution in [0.25, 0.3) is 0 Å². The van der Waals surface area contributed by atoms with Crippen LogP contribution in [0.5, 0.6) is 0 Å². The van der Waals surface area contributed by atoms with E-state index in [1.165, 1.54) is 19.3 Å². The number of rotatable bonds is 8. The number of carbonyl (C=O) groups is 3. The maximum absolute atomic E-state index is 14.4. The Labute approximate surface area is 257 Å². The Hall–Kier alpha value is -2.71. The van der Waals surface area contributed by atoms with E-state index in [0.717, 1.165) is 55.6 Å². The standard InChI is InChI=1S/C35H50N4O4/c1-6-26-11-7-8-15-38(26)16-17-39-31(33(41)37-27-12-9-10-23(4)24(27)5)35-14-13-28(43-35)29(30(35)34(39)42)32(40)36-25-19-21(2)18-22(3)20-25/h13-14,18-20,23-24,26-31H,6-12,15-17H2,1-5H3,(H,36,40)(H,37,41)/t23-,24+,26-,27-,28+,29-,30+,31+,35+/m1/s1. The van der Waals surface area contributed by atoms with E-state index in [0.29, 0.717) is 24.4 Å². The number of fused-ring (bicyclic) bond motifs is 1. The summed E-state index contributed by atoms with van der Waals surface area (Å²) in [5.74, 6) is -1.02. The lowest BCUT2D eigenvalue weighted by atomic mass is 9.73. The molecule has 9 atom stereocenters. The zero-order valence-corrected chi connectivity index (χ0v) is 26.6. The van der Waals surface area contributed by atoms with E-state index >= 15 is 0 Å². The van der Waals surface area contributed by atoms with Gasteiger partial charge in [-0.25, -0.2) is 0 Å². The number of benzene rings is 1. The Morgan fingerprint density at radius 3 is 2.51 bits per heavy atom. The fourth-order valence-corrected chi connectivity index (χ4v) is 8.88. The second-order valence-electron chi connectivity index (χ2n) is 14.1. The number of carbonyl (C=O) groups excluding carboxylic acids is 3. The zero-order valence-electron chi connectivity index (χ0n) is 26.6. The summed E-state index contributed by atoms with van der Waals surface area (Å²) in [4.78, 5) is 46.9. The zero-order chi connectivity index (χ0) is 30.5. The number of anilines is 1. The molecule has 1 aromatic carbocycles. The van der Waals surface area contributed by atoms with E-state index in [2.05, 4.69) is 42.4 Å². The average Bonchev–Trinajstić information content (AvgIpc) is 3.61. The molecule has 0 aromatic heterocycles. The van der Waals surface area contributed by atoms with Crippen molar-refractivity contribution in [1.82, 2.24) is 15.1 Å². The summed E-state index contributed by atoms with van der Waals surface area (Å²) < 4.78 is 6.60. The Morgan fingerprint density at radius 2 is 1.77 bits per heavy atom. The average molecular weight is 591 g/mol. The molecule has 1 saturated carbocycles. The Kier molecular flexibility index (Phi) is 8.46. The molecule has 4 aliphatic heterocycles. The van der Waals surface area contributed by atoms with Crippen LogP contribution in [0, 0.1) is 37.5 Å². The molecular weight excluding hydrogens is 540 g/mol. The lowest BCUT2D eigenvalue weighted by molar-refractivity contribution is -0.142. The first-order chi connectivity index (χ1) is 20.6. The highest BCUT2D eigenvalue weighted by Gasteiger charge is 2.72. The minimum atomic E-state index is -1.13. The SMILES string of the molecule is CC[C@@H]1CCCCN1CCN1C(=O)[C@@H]2[C@H](C(=O)Nc3cc(C)cc(C)c3)[C@@H]3C=C[C@@]2(O3)[C@@H]1C(=O)N[C@@H]1CCC[C@@H](C)[C@@H]1C. The number of ether oxygens (including phenoxy) is 1. The van der Waals surface area contributed by atoms with Gasteiger partial charge in [0.15, 0.2) is 0 Å². The Bertz CT molecular complexity index is 1260. The highest BCUT2D eigenvalue weighted by Crippen LogP contribution is 2.55. The Morgan fingerprint density at radius 1 is 1.00 bits per heavy atom. The number of likely N-dealkylation sites (tertiary alicyclic amines) is 2. The van der Waals surface area contributed by atoms with Gasteiger partial charge in [-0.05, 0) is 81.2 Å². The molecule has 1 spiro atoms. The van der Waals surface area contributed by atoms with Crippen LogP contribution < -0.4 is 10.6 Å². The molecule has 3 amide bonds. The van der Waals surface area contributed by atoms with Crippen LogP contribution in [0.2, 0.25) is 0 Å². The number of nitrogens with one attached hydrogen (secondary N) is 2. The van der Waals surface area contributed by atoms with Gasteiger partial charge in [0.1, 0.15) is 11.6 Å². The smallest absolute Gasteiger partial charge is 0.246 e. The maximum Gasteiger partial charge on any atom is 0.246 e. The van der Waals surface area contributed by atoms with E-state index in [1.54, 1.807) is 4.90 Å². The van der Waals surface area contributed by atoms with Gasteiger partial charge in [0.2, 0.25) is 17.7 Å². The van der Waals surface area contributed by atoms with Gasteiger partial charge in [0, 0.05) is 30.9 Å². The summed E-state index contributed by atoms with van der Waals surface area (Å²) >= 11 is 0. The molecule has 3 saturated heterocycles. The fourth-order valence-electron chi connectivity index (χ4n) is 8.88. The van der Waals surface area contributed by atoms with Gasteiger partial charge in [-0.3, -0.25) is 19.3 Å². The van der Waals surface area contributed by atoms with Crippen molar-refractivity contribution in [2.24, 2.45) is 23.7 Å². The number of aryl methyl sites for hydroxylation is 2. The van der Waals surface area contributed by atoms with Gasteiger partial charge >= 0.3 is 0 Å². The summed E-state index contributed by atoms with van der Waals surface area (Å²) in [5, 5.41) is 6.46. The molecule has 0 unspecified atom stereocenters. The number of hydrogen-bond donors (Lipinski definition) is 2. The van der Waals surface area contributed by atoms with Gasteiger partial charge in [-0.1, -0.05) is 58.3 Å². The molecule has 1 aliphatic carbocycles. The minimum Gasteiger partial charge on any atom is -0.359 e. The van der Waals surface area contributed by atoms with Crippen LogP contribution in [0.1, 0.15) is 76.8 Å². The molecule has 4 fully saturated rings. The first kappa shape index (κ1) is 30.3. The Balaban J connectivity index is 1.28. The summed E-state index contributed by atoms with van der Waals surface area (Å²) in [7, 11) is 0. The summed E-state index contributed by atoms with van der Waals surface area (Å²) in [5.41, 5.74) is 1.71. The van der Waals surface area contributed by atoms with E-state index in [1.807, 2.05) is 38.1 Å². The van der Waals surface area contributed by atoms with Crippen LogP contribution in [-0.2, 0) is 19.1 Å². The van der Waals surface area contributed by atoms with Crippen LogP contribution in [0.4, 0.5) is 5.69 Å². The quantitative estimate of drug-likeness (QED) is 0.432. The number of amides is 3. The molecule has 2 N–H and O–H groups in total. The topological polar surface area (TPSA) is 91.0 Å². The molecule has 8 heteroatoms. The highest BCUT2D eigenvalue weighted by molar-refractivity contribution is 6.02. The maximum atomic E-state index is 14.4. The second-order valence-corrected chi connectivity index (χ2v) is 14.1. The van der Waals surface area contributed by atoms with E-state index in [9.17, 15) is 14.4 Å². The predicted molar refractivity (Wildman–Crippen MR) is 167 cm³/mol. The normalized spacial score (nSPS) is 37.0. The second kappa shape index (κ2) is 12.0. The third-order valence-corrected chi connectivity index (χ3v) is 11.3. The summed E-state index contributed by atoms with van der Waals surface area (Å²) in [6.45, 7) is 12.9. The number of piperidine rings is 1. The van der Waals surface area contributed by atoms with Gasteiger partial charge in [0.25, 0.3) is 0 Å². The van der Waals surface area contributed by atoms with Gasteiger partial charge in [0.05, 0.1) is 17.9 Å². The van der Waals surface area contributed by atoms with Crippen molar-refractivity contribution in [2.75, 3.05) is 25.0 Å². The molecule has 1 aromatic rings. The van der Waals surface area contributed by atoms with Crippen LogP contribution in [0.3, 0.4) is 0 Å². The van der Waals surface area contributed by atoms with Crippen molar-refractivity contribution in [2.45, 2.75) is 109 Å². The summed E-state index contributed by atoms with van der Waals surface area (Å²) in [6, 6.07) is 5.73. The van der Waals surface area contributed by atoms with Crippen molar-refractivity contribution in [1.29, 1.82) is 0 Å². The molecule has 8 nitrogen and oxygen atoms in total. The largest absolute Gasteiger partial charge is 0.359 e. The first-order valence-corrected chi connectivity index (χ1v) is 16.7. The molecule has 4 heterocycles. The van der Waals surface area contributed by atoms with E-state index in [-0.39, 0.29) is 23.8 Å². The van der Waals surface area contributed by atoms with Crippen LogP contribution in [0.15, 0.2) is 30.4 Å². The van der Waals surface area contributed by atoms with Crippen molar-refractivity contribution in [3.63, 3.8) is 0 Å². The summed E-state index contributed by atoms with van der Waals surface area (Å²) in [6.07, 6.45) is 11.2. The van der Waals surface area contributed by atoms with E-state index in [4.69, 9.17) is 4.74 Å². The monoisotopic (exact) mass is 590 g/mol. The molecule has 5 aliphatic rings. The number of nitrogens with zero attached hydrogens (tertiary/aromatic N) is 2. The molecule has 6 rings (SSSR count). The molecule has 2 bridgehead atoms. The van der Waals surface area contributed by atoms with Crippen LogP contribution >= 0.6 is 0 Å². The lowest BCUT2D eigenvalue weighted by Gasteiger charge is -2.39. The van der Waals surface area contributed by atoms with Gasteiger partial charge < -0.3 is 20.3 Å². The fraction of sp³-hybridized carbons (Fsp3) is 0.686. The number of hydrogen-bond acceptors (Lipinski definition) is 5. The van der Waals surface area contributed by atoms with Gasteiger partial charge in [-0.15, -0.1) is 0 Å². The van der Waals surface area contributed by atoms with Gasteiger partial charge in [-0.2, -0.15) is 0 Å². The molecule has 0 radical (unpaired) electrons. The molecule has 234 valence electrons. The van der Waals surface area contributed by atoms with Crippen molar-refractivity contribution < 1.29 is 19.1 Å². The van der Waals surface area contributed by atoms with E-state index < -0.39 is 29.6 Å². The van der Waals surface area contributed by atoms with Crippen molar-refractivity contribution in [3.8, 4) is 0 Å².